The van der Waals surface area contributed by atoms with Gasteiger partial charge in [-0.15, -0.1) is 12.4 Å². The third kappa shape index (κ3) is 5.59. The van der Waals surface area contributed by atoms with E-state index >= 15 is 0 Å². The summed E-state index contributed by atoms with van der Waals surface area (Å²) in [6, 6.07) is 20.1. The van der Waals surface area contributed by atoms with Crippen LogP contribution in [-0.2, 0) is 14.9 Å². The maximum atomic E-state index is 13.6. The van der Waals surface area contributed by atoms with E-state index in [-0.39, 0.29) is 24.5 Å². The van der Waals surface area contributed by atoms with Gasteiger partial charge in [0.15, 0.2) is 0 Å². The number of hydrogen-bond acceptors (Lipinski definition) is 3. The van der Waals surface area contributed by atoms with Gasteiger partial charge in [-0.25, -0.2) is 0 Å². The van der Waals surface area contributed by atoms with Gasteiger partial charge >= 0.3 is 5.97 Å². The predicted molar refractivity (Wildman–Crippen MR) is 119 cm³/mol. The summed E-state index contributed by atoms with van der Waals surface area (Å²) in [5, 5.41) is 0. The van der Waals surface area contributed by atoms with Crippen molar-refractivity contribution in [1.29, 1.82) is 0 Å². The fourth-order valence-corrected chi connectivity index (χ4v) is 3.78. The molecule has 2 aromatic carbocycles. The molecular formula is C24H34ClNO2. The van der Waals surface area contributed by atoms with Crippen LogP contribution in [0.15, 0.2) is 60.7 Å². The summed E-state index contributed by atoms with van der Waals surface area (Å²) in [5.74, 6) is -0.151. The van der Waals surface area contributed by atoms with Crippen LogP contribution in [0.25, 0.3) is 0 Å². The average molecular weight is 404 g/mol. The van der Waals surface area contributed by atoms with Gasteiger partial charge in [0.25, 0.3) is 0 Å². The third-order valence-electron chi connectivity index (χ3n) is 5.22. The number of rotatable bonds is 10. The SMILES string of the molecule is CCCC(C(=O)OC(C)CN(CC)CC)(c1ccccc1)c1ccccc1.Cl. The summed E-state index contributed by atoms with van der Waals surface area (Å²) in [5.41, 5.74) is 1.23. The number of halogens is 1. The molecule has 0 amide bonds. The Morgan fingerprint density at radius 2 is 1.39 bits per heavy atom. The number of benzene rings is 2. The molecule has 2 rings (SSSR count). The van der Waals surface area contributed by atoms with Crippen LogP contribution in [0.1, 0.15) is 51.7 Å². The summed E-state index contributed by atoms with van der Waals surface area (Å²) in [6.07, 6.45) is 1.46. The van der Waals surface area contributed by atoms with Crippen molar-refractivity contribution in [1.82, 2.24) is 4.90 Å². The smallest absolute Gasteiger partial charge is 0.321 e. The van der Waals surface area contributed by atoms with Crippen molar-refractivity contribution >= 4 is 18.4 Å². The molecule has 0 aliphatic carbocycles. The minimum Gasteiger partial charge on any atom is -0.460 e. The minimum atomic E-state index is -0.769. The van der Waals surface area contributed by atoms with Crippen LogP contribution < -0.4 is 0 Å². The van der Waals surface area contributed by atoms with Crippen LogP contribution in [0.3, 0.4) is 0 Å². The van der Waals surface area contributed by atoms with Crippen molar-refractivity contribution in [3.8, 4) is 0 Å². The normalized spacial score (nSPS) is 12.3. The van der Waals surface area contributed by atoms with Crippen molar-refractivity contribution in [2.24, 2.45) is 0 Å². The lowest BCUT2D eigenvalue weighted by atomic mass is 9.71. The molecule has 1 atom stereocenters. The molecular weight excluding hydrogens is 370 g/mol. The van der Waals surface area contributed by atoms with Crippen molar-refractivity contribution in [2.45, 2.75) is 52.1 Å². The van der Waals surface area contributed by atoms with Gasteiger partial charge in [-0.3, -0.25) is 4.79 Å². The van der Waals surface area contributed by atoms with E-state index in [1.807, 2.05) is 67.6 Å². The highest BCUT2D eigenvalue weighted by molar-refractivity contribution is 5.88. The minimum absolute atomic E-state index is 0. The molecule has 0 heterocycles. The van der Waals surface area contributed by atoms with Crippen LogP contribution in [0.2, 0.25) is 0 Å². The second-order valence-electron chi connectivity index (χ2n) is 7.09. The average Bonchev–Trinajstić information content (AvgIpc) is 2.71. The summed E-state index contributed by atoms with van der Waals surface area (Å²) >= 11 is 0. The Morgan fingerprint density at radius 1 is 0.929 bits per heavy atom. The van der Waals surface area contributed by atoms with E-state index in [1.165, 1.54) is 0 Å². The second kappa shape index (κ2) is 11.9. The molecule has 4 heteroatoms. The lowest BCUT2D eigenvalue weighted by Gasteiger charge is -2.34. The van der Waals surface area contributed by atoms with E-state index < -0.39 is 5.41 Å². The fourth-order valence-electron chi connectivity index (χ4n) is 3.78. The number of esters is 1. The molecule has 0 saturated carbocycles. The van der Waals surface area contributed by atoms with E-state index in [1.54, 1.807) is 0 Å². The molecule has 154 valence electrons. The molecule has 0 N–H and O–H groups in total. The van der Waals surface area contributed by atoms with Gasteiger partial charge in [-0.05, 0) is 37.6 Å². The molecule has 0 aliphatic heterocycles. The summed E-state index contributed by atoms with van der Waals surface area (Å²) in [6.45, 7) is 11.0. The number of carbonyl (C=O) groups excluding carboxylic acids is 1. The molecule has 0 fully saturated rings. The van der Waals surface area contributed by atoms with Crippen molar-refractivity contribution in [2.75, 3.05) is 19.6 Å². The van der Waals surface area contributed by atoms with Gasteiger partial charge in [0.2, 0.25) is 0 Å². The van der Waals surface area contributed by atoms with Gasteiger partial charge in [0.1, 0.15) is 11.5 Å². The number of nitrogens with zero attached hydrogens (tertiary/aromatic N) is 1. The van der Waals surface area contributed by atoms with Crippen LogP contribution in [0.5, 0.6) is 0 Å². The number of hydrogen-bond donors (Lipinski definition) is 0. The van der Waals surface area contributed by atoms with E-state index in [9.17, 15) is 4.79 Å². The Morgan fingerprint density at radius 3 is 1.79 bits per heavy atom. The van der Waals surface area contributed by atoms with Crippen molar-refractivity contribution in [3.05, 3.63) is 71.8 Å². The van der Waals surface area contributed by atoms with Crippen LogP contribution in [0, 0.1) is 0 Å². The highest BCUT2D eigenvalue weighted by Crippen LogP contribution is 2.38. The Hall–Kier alpha value is -1.84. The van der Waals surface area contributed by atoms with Gasteiger partial charge in [0.05, 0.1) is 0 Å². The zero-order valence-corrected chi connectivity index (χ0v) is 18.4. The van der Waals surface area contributed by atoms with Gasteiger partial charge in [0, 0.05) is 6.54 Å². The Bertz CT molecular complexity index is 647. The zero-order valence-electron chi connectivity index (χ0n) is 17.6. The Balaban J connectivity index is 0.00000392. The third-order valence-corrected chi connectivity index (χ3v) is 5.22. The van der Waals surface area contributed by atoms with Gasteiger partial charge in [-0.2, -0.15) is 0 Å². The standard InChI is InChI=1S/C24H33NO2.ClH/c1-5-18-24(21-14-10-8-11-15-21,22-16-12-9-13-17-22)23(26)27-20(4)19-25(6-2)7-3;/h8-17,20H,5-7,18-19H2,1-4H3;1H. The van der Waals surface area contributed by atoms with E-state index in [0.717, 1.165) is 43.6 Å². The first-order chi connectivity index (χ1) is 13.1. The maximum absolute atomic E-state index is 13.6. The molecule has 0 aliphatic rings. The van der Waals surface area contributed by atoms with Crippen molar-refractivity contribution in [3.63, 3.8) is 0 Å². The summed E-state index contributed by atoms with van der Waals surface area (Å²) < 4.78 is 6.03. The molecule has 1 unspecified atom stereocenters. The largest absolute Gasteiger partial charge is 0.460 e. The first-order valence-electron chi connectivity index (χ1n) is 10.1. The van der Waals surface area contributed by atoms with E-state index in [0.29, 0.717) is 0 Å². The van der Waals surface area contributed by atoms with Gasteiger partial charge in [-0.1, -0.05) is 87.9 Å². The molecule has 3 nitrogen and oxygen atoms in total. The fraction of sp³-hybridized carbons (Fsp3) is 0.458. The monoisotopic (exact) mass is 403 g/mol. The predicted octanol–water partition coefficient (Wildman–Crippen LogP) is 5.47. The van der Waals surface area contributed by atoms with Crippen LogP contribution >= 0.6 is 12.4 Å². The van der Waals surface area contributed by atoms with Crippen LogP contribution in [-0.4, -0.2) is 36.6 Å². The molecule has 0 bridgehead atoms. The summed E-state index contributed by atoms with van der Waals surface area (Å²) in [4.78, 5) is 15.9. The second-order valence-corrected chi connectivity index (χ2v) is 7.09. The van der Waals surface area contributed by atoms with Gasteiger partial charge < -0.3 is 9.64 Å². The first kappa shape index (κ1) is 24.2. The Kier molecular flexibility index (Phi) is 10.3. The summed E-state index contributed by atoms with van der Waals surface area (Å²) in [7, 11) is 0. The van der Waals surface area contributed by atoms with Crippen molar-refractivity contribution < 1.29 is 9.53 Å². The quantitative estimate of drug-likeness (QED) is 0.493. The van der Waals surface area contributed by atoms with E-state index in [4.69, 9.17) is 4.74 Å². The highest BCUT2D eigenvalue weighted by Gasteiger charge is 2.43. The topological polar surface area (TPSA) is 29.5 Å². The molecule has 0 aromatic heterocycles. The lowest BCUT2D eigenvalue weighted by Crippen LogP contribution is -2.42. The molecule has 0 spiro atoms. The van der Waals surface area contributed by atoms with E-state index in [2.05, 4.69) is 25.7 Å². The molecule has 0 saturated heterocycles. The Labute approximate surface area is 176 Å². The maximum Gasteiger partial charge on any atom is 0.321 e. The van der Waals surface area contributed by atoms with Crippen LogP contribution in [0.4, 0.5) is 0 Å². The number of likely N-dealkylation sites (N-methyl/N-ethyl adjacent to an activating group) is 1. The number of ether oxygens (including phenoxy) is 1. The highest BCUT2D eigenvalue weighted by atomic mass is 35.5. The number of carbonyl (C=O) groups is 1. The lowest BCUT2D eigenvalue weighted by molar-refractivity contribution is -0.154. The zero-order chi connectivity index (χ0) is 19.7. The first-order valence-corrected chi connectivity index (χ1v) is 10.1. The molecule has 28 heavy (non-hydrogen) atoms. The molecule has 0 radical (unpaired) electrons. The molecule has 2 aromatic rings.